The number of aromatic hydroxyl groups is 1. The average molecular weight is 397 g/mol. The van der Waals surface area contributed by atoms with Gasteiger partial charge < -0.3 is 24.7 Å². The van der Waals surface area contributed by atoms with Crippen molar-refractivity contribution in [2.75, 3.05) is 32.8 Å². The van der Waals surface area contributed by atoms with E-state index < -0.39 is 0 Å². The minimum absolute atomic E-state index is 0.0650. The van der Waals surface area contributed by atoms with Gasteiger partial charge in [-0.2, -0.15) is 0 Å². The summed E-state index contributed by atoms with van der Waals surface area (Å²) in [5, 5.41) is 19.9. The molecule has 0 aliphatic carbocycles. The van der Waals surface area contributed by atoms with E-state index in [9.17, 15) is 15.0 Å². The minimum atomic E-state index is -0.292. The minimum Gasteiger partial charge on any atom is -0.505 e. The Morgan fingerprint density at radius 1 is 1.10 bits per heavy atom. The lowest BCUT2D eigenvalue weighted by molar-refractivity contribution is -0.0772. The average Bonchev–Trinajstić information content (AvgIpc) is 2.76. The fourth-order valence-corrected chi connectivity index (χ4v) is 4.21. The maximum absolute atomic E-state index is 13.3. The first kappa shape index (κ1) is 19.8. The molecule has 1 aromatic heterocycles. The molecule has 2 fully saturated rings. The monoisotopic (exact) mass is 397 g/mol. The summed E-state index contributed by atoms with van der Waals surface area (Å²) < 4.78 is 6.14. The molecule has 154 valence electrons. The Labute approximate surface area is 170 Å². The molecule has 2 saturated heterocycles. The number of rotatable bonds is 4. The van der Waals surface area contributed by atoms with E-state index in [0.29, 0.717) is 19.7 Å². The van der Waals surface area contributed by atoms with Crippen LogP contribution < -0.4 is 0 Å². The molecule has 2 N–H and O–H groups in total. The van der Waals surface area contributed by atoms with Gasteiger partial charge in [0.15, 0.2) is 5.69 Å². The van der Waals surface area contributed by atoms with E-state index in [2.05, 4.69) is 9.88 Å². The number of morpholine rings is 1. The number of amides is 1. The predicted octanol–water partition coefficient (Wildman–Crippen LogP) is 1.83. The van der Waals surface area contributed by atoms with Crippen LogP contribution in [0.4, 0.5) is 0 Å². The van der Waals surface area contributed by atoms with Gasteiger partial charge in [0.2, 0.25) is 0 Å². The molecule has 1 aromatic carbocycles. The first-order chi connectivity index (χ1) is 14.1. The van der Waals surface area contributed by atoms with Gasteiger partial charge in [0.25, 0.3) is 5.91 Å². The van der Waals surface area contributed by atoms with Gasteiger partial charge in [-0.15, -0.1) is 0 Å². The molecule has 2 aliphatic rings. The first-order valence-corrected chi connectivity index (χ1v) is 10.2. The van der Waals surface area contributed by atoms with Gasteiger partial charge in [0, 0.05) is 32.4 Å². The van der Waals surface area contributed by atoms with Crippen molar-refractivity contribution in [3.8, 4) is 5.75 Å². The number of likely N-dealkylation sites (tertiary alicyclic amines) is 1. The van der Waals surface area contributed by atoms with E-state index in [4.69, 9.17) is 4.74 Å². The van der Waals surface area contributed by atoms with E-state index >= 15 is 0 Å². The largest absolute Gasteiger partial charge is 0.505 e. The third kappa shape index (κ3) is 4.42. The number of hydrogen-bond acceptors (Lipinski definition) is 6. The van der Waals surface area contributed by atoms with Crippen LogP contribution in [0, 0.1) is 0 Å². The highest BCUT2D eigenvalue weighted by Crippen LogP contribution is 2.32. The van der Waals surface area contributed by atoms with Crippen LogP contribution in [0.25, 0.3) is 0 Å². The van der Waals surface area contributed by atoms with Crippen LogP contribution in [-0.2, 0) is 4.74 Å². The molecule has 2 atom stereocenters. The van der Waals surface area contributed by atoms with Crippen molar-refractivity contribution in [2.24, 2.45) is 0 Å². The molecule has 0 saturated carbocycles. The highest BCUT2D eigenvalue weighted by atomic mass is 16.5. The lowest BCUT2D eigenvalue weighted by Gasteiger charge is -2.43. The topological polar surface area (TPSA) is 86.1 Å². The van der Waals surface area contributed by atoms with Gasteiger partial charge in [-0.1, -0.05) is 30.3 Å². The number of hydrogen-bond donors (Lipinski definition) is 2. The highest BCUT2D eigenvalue weighted by Gasteiger charge is 2.39. The number of ether oxygens (including phenoxy) is 1. The lowest BCUT2D eigenvalue weighted by Crippen LogP contribution is -2.53. The summed E-state index contributed by atoms with van der Waals surface area (Å²) in [6.45, 7) is 3.19. The van der Waals surface area contributed by atoms with Gasteiger partial charge in [-0.25, -0.2) is 4.98 Å². The van der Waals surface area contributed by atoms with Crippen LogP contribution in [0.1, 0.15) is 34.9 Å². The van der Waals surface area contributed by atoms with Gasteiger partial charge in [0.05, 0.1) is 24.9 Å². The first-order valence-electron chi connectivity index (χ1n) is 10.2. The van der Waals surface area contributed by atoms with Crippen LogP contribution in [0.3, 0.4) is 0 Å². The summed E-state index contributed by atoms with van der Waals surface area (Å²) in [6, 6.07) is 12.7. The Morgan fingerprint density at radius 3 is 2.59 bits per heavy atom. The molecule has 3 heterocycles. The van der Waals surface area contributed by atoms with Crippen molar-refractivity contribution in [1.82, 2.24) is 14.8 Å². The standard InChI is InChI=1S/C22H27N3O4/c26-17-8-11-24(12-9-17)15-19-21(16-5-2-1-3-6-16)25(13-14-29-19)22(28)20-18(27)7-4-10-23-20/h1-7,10,17,19,21,26-27H,8-9,11-15H2/t19-,21-/m0/s1. The molecule has 4 rings (SSSR count). The molecule has 0 unspecified atom stereocenters. The number of benzene rings is 1. The summed E-state index contributed by atoms with van der Waals surface area (Å²) in [5.74, 6) is -0.406. The van der Waals surface area contributed by atoms with Gasteiger partial charge in [0.1, 0.15) is 5.75 Å². The number of nitrogens with zero attached hydrogens (tertiary/aromatic N) is 3. The number of aliphatic hydroxyl groups is 1. The van der Waals surface area contributed by atoms with Crippen LogP contribution in [0.2, 0.25) is 0 Å². The lowest BCUT2D eigenvalue weighted by atomic mass is 9.96. The Morgan fingerprint density at radius 2 is 1.86 bits per heavy atom. The maximum Gasteiger partial charge on any atom is 0.276 e. The van der Waals surface area contributed by atoms with Crippen molar-refractivity contribution >= 4 is 5.91 Å². The molecule has 1 amide bonds. The van der Waals surface area contributed by atoms with Gasteiger partial charge in [-0.05, 0) is 30.5 Å². The number of piperidine rings is 1. The van der Waals surface area contributed by atoms with Crippen molar-refractivity contribution in [1.29, 1.82) is 0 Å². The third-order valence-electron chi connectivity index (χ3n) is 5.74. The van der Waals surface area contributed by atoms with E-state index in [1.54, 1.807) is 11.0 Å². The highest BCUT2D eigenvalue weighted by molar-refractivity contribution is 5.95. The van der Waals surface area contributed by atoms with Crippen LogP contribution in [0.5, 0.6) is 5.75 Å². The molecule has 0 spiro atoms. The molecule has 7 nitrogen and oxygen atoms in total. The van der Waals surface area contributed by atoms with Gasteiger partial charge >= 0.3 is 0 Å². The molecule has 7 heteroatoms. The molecule has 2 aliphatic heterocycles. The van der Waals surface area contributed by atoms with Crippen molar-refractivity contribution in [3.63, 3.8) is 0 Å². The summed E-state index contributed by atoms with van der Waals surface area (Å²) in [7, 11) is 0. The summed E-state index contributed by atoms with van der Waals surface area (Å²) in [5.41, 5.74) is 1.06. The Bertz CT molecular complexity index is 824. The number of carbonyl (C=O) groups excluding carboxylic acids is 1. The molecule has 29 heavy (non-hydrogen) atoms. The molecular weight excluding hydrogens is 370 g/mol. The van der Waals surface area contributed by atoms with E-state index in [0.717, 1.165) is 31.5 Å². The van der Waals surface area contributed by atoms with E-state index in [1.165, 1.54) is 12.3 Å². The van der Waals surface area contributed by atoms with Crippen LogP contribution in [-0.4, -0.2) is 75.9 Å². The van der Waals surface area contributed by atoms with Gasteiger partial charge in [-0.3, -0.25) is 4.79 Å². The van der Waals surface area contributed by atoms with E-state index in [1.807, 2.05) is 30.3 Å². The van der Waals surface area contributed by atoms with Crippen LogP contribution in [0.15, 0.2) is 48.7 Å². The second-order valence-corrected chi connectivity index (χ2v) is 7.67. The maximum atomic E-state index is 13.3. The van der Waals surface area contributed by atoms with Crippen LogP contribution >= 0.6 is 0 Å². The fraction of sp³-hybridized carbons (Fsp3) is 0.455. The van der Waals surface area contributed by atoms with E-state index in [-0.39, 0.29) is 35.6 Å². The van der Waals surface area contributed by atoms with Crippen molar-refractivity contribution in [3.05, 3.63) is 59.9 Å². The zero-order chi connectivity index (χ0) is 20.2. The smallest absolute Gasteiger partial charge is 0.276 e. The Balaban J connectivity index is 1.61. The molecule has 0 radical (unpaired) electrons. The second kappa shape index (κ2) is 8.90. The third-order valence-corrected chi connectivity index (χ3v) is 5.74. The van der Waals surface area contributed by atoms with Crippen molar-refractivity contribution in [2.45, 2.75) is 31.1 Å². The normalized spacial score (nSPS) is 23.8. The SMILES string of the molecule is O=C(c1ncccc1O)N1CCO[C@@H](CN2CCC(O)CC2)[C@@H]1c1ccccc1. The fourth-order valence-electron chi connectivity index (χ4n) is 4.21. The zero-order valence-electron chi connectivity index (χ0n) is 16.4. The molecule has 0 bridgehead atoms. The number of pyridine rings is 1. The predicted molar refractivity (Wildman–Crippen MR) is 108 cm³/mol. The Kier molecular flexibility index (Phi) is 6.08. The number of carbonyl (C=O) groups is 1. The summed E-state index contributed by atoms with van der Waals surface area (Å²) >= 11 is 0. The van der Waals surface area contributed by atoms with Crippen molar-refractivity contribution < 1.29 is 19.7 Å². The Hall–Kier alpha value is -2.48. The number of aliphatic hydroxyl groups excluding tert-OH is 1. The second-order valence-electron chi connectivity index (χ2n) is 7.67. The summed E-state index contributed by atoms with van der Waals surface area (Å²) in [6.07, 6.45) is 2.60. The molecule has 2 aromatic rings. The quantitative estimate of drug-likeness (QED) is 0.819. The number of aromatic nitrogens is 1. The molecular formula is C22H27N3O4. The zero-order valence-corrected chi connectivity index (χ0v) is 16.4. The summed E-state index contributed by atoms with van der Waals surface area (Å²) in [4.78, 5) is 21.5.